The van der Waals surface area contributed by atoms with Crippen LogP contribution in [-0.2, 0) is 28.8 Å². The number of unbranched alkanes of at least 4 members (excludes halogenated alkanes) is 1. The van der Waals surface area contributed by atoms with Crippen molar-refractivity contribution < 1.29 is 19.4 Å². The van der Waals surface area contributed by atoms with Gasteiger partial charge in [0.15, 0.2) is 0 Å². The number of hydrogen-bond acceptors (Lipinski definition) is 4. The molecule has 0 saturated heterocycles. The standard InChI is InChI=1S/C30H36O4/c1-23(2)34-30(32)19-18-26-15-6-7-17-29(26)33-20-9-8-13-24-14-10-16-27(21-24)28(31)22-25-11-4-3-5-12-25/h3-7,10-12,14-17,21,23,28,31H,8-9,13,18-20,22H2,1-2H3/t28-/m0/s1. The number of benzene rings is 3. The van der Waals surface area contributed by atoms with Gasteiger partial charge in [-0.05, 0) is 67.9 Å². The van der Waals surface area contributed by atoms with Gasteiger partial charge in [-0.25, -0.2) is 0 Å². The lowest BCUT2D eigenvalue weighted by Crippen LogP contribution is -2.12. The summed E-state index contributed by atoms with van der Waals surface area (Å²) in [4.78, 5) is 11.9. The van der Waals surface area contributed by atoms with Crippen LogP contribution in [0.3, 0.4) is 0 Å². The summed E-state index contributed by atoms with van der Waals surface area (Å²) in [7, 11) is 0. The zero-order valence-electron chi connectivity index (χ0n) is 20.3. The molecule has 4 nitrogen and oxygen atoms in total. The summed E-state index contributed by atoms with van der Waals surface area (Å²) in [5.74, 6) is 0.659. The molecule has 34 heavy (non-hydrogen) atoms. The summed E-state index contributed by atoms with van der Waals surface area (Å²) < 4.78 is 11.2. The Kier molecular flexibility index (Phi) is 10.2. The average molecular weight is 461 g/mol. The third-order valence-corrected chi connectivity index (χ3v) is 5.66. The third-order valence-electron chi connectivity index (χ3n) is 5.66. The Morgan fingerprint density at radius 2 is 1.59 bits per heavy atom. The molecule has 0 aliphatic heterocycles. The van der Waals surface area contributed by atoms with Gasteiger partial charge in [-0.1, -0.05) is 72.8 Å². The Bertz CT molecular complexity index is 1010. The van der Waals surface area contributed by atoms with Crippen LogP contribution < -0.4 is 4.74 Å². The molecule has 0 aromatic heterocycles. The van der Waals surface area contributed by atoms with Gasteiger partial charge in [0.2, 0.25) is 0 Å². The number of aliphatic hydroxyl groups excluding tert-OH is 1. The number of hydrogen-bond donors (Lipinski definition) is 1. The van der Waals surface area contributed by atoms with Crippen LogP contribution in [0.15, 0.2) is 78.9 Å². The molecule has 0 saturated carbocycles. The van der Waals surface area contributed by atoms with Gasteiger partial charge in [-0.15, -0.1) is 0 Å². The second-order valence-electron chi connectivity index (χ2n) is 8.90. The Morgan fingerprint density at radius 1 is 0.853 bits per heavy atom. The largest absolute Gasteiger partial charge is 0.493 e. The van der Waals surface area contributed by atoms with Crippen molar-refractivity contribution in [2.24, 2.45) is 0 Å². The highest BCUT2D eigenvalue weighted by Gasteiger charge is 2.10. The first-order chi connectivity index (χ1) is 16.5. The summed E-state index contributed by atoms with van der Waals surface area (Å²) in [6, 6.07) is 26.2. The third kappa shape index (κ3) is 8.68. The smallest absolute Gasteiger partial charge is 0.306 e. The van der Waals surface area contributed by atoms with Crippen LogP contribution in [0, 0.1) is 0 Å². The van der Waals surface area contributed by atoms with E-state index in [9.17, 15) is 9.90 Å². The van der Waals surface area contributed by atoms with Gasteiger partial charge in [-0.3, -0.25) is 4.79 Å². The summed E-state index contributed by atoms with van der Waals surface area (Å²) in [6.07, 6.45) is 3.86. The quantitative estimate of drug-likeness (QED) is 0.242. The van der Waals surface area contributed by atoms with Gasteiger partial charge in [0.1, 0.15) is 5.75 Å². The first-order valence-corrected chi connectivity index (χ1v) is 12.2. The van der Waals surface area contributed by atoms with Crippen LogP contribution in [0.4, 0.5) is 0 Å². The molecular formula is C30H36O4. The lowest BCUT2D eigenvalue weighted by molar-refractivity contribution is -0.147. The highest BCUT2D eigenvalue weighted by Crippen LogP contribution is 2.22. The van der Waals surface area contributed by atoms with Crippen LogP contribution in [0.1, 0.15) is 61.5 Å². The van der Waals surface area contributed by atoms with E-state index in [1.807, 2.05) is 80.6 Å². The first kappa shape index (κ1) is 25.5. The van der Waals surface area contributed by atoms with E-state index < -0.39 is 6.10 Å². The minimum Gasteiger partial charge on any atom is -0.493 e. The predicted molar refractivity (Wildman–Crippen MR) is 136 cm³/mol. The molecule has 1 N–H and O–H groups in total. The minimum absolute atomic E-state index is 0.0909. The van der Waals surface area contributed by atoms with Crippen molar-refractivity contribution in [2.45, 2.75) is 64.6 Å². The molecule has 0 aliphatic rings. The number of ether oxygens (including phenoxy) is 2. The molecule has 0 heterocycles. The fourth-order valence-corrected chi connectivity index (χ4v) is 3.93. The van der Waals surface area contributed by atoms with Crippen LogP contribution >= 0.6 is 0 Å². The number of aliphatic hydroxyl groups is 1. The van der Waals surface area contributed by atoms with Crippen molar-refractivity contribution in [1.82, 2.24) is 0 Å². The number of aryl methyl sites for hydroxylation is 2. The van der Waals surface area contributed by atoms with Gasteiger partial charge in [0, 0.05) is 12.8 Å². The Labute approximate surface area is 203 Å². The maximum atomic E-state index is 11.9. The minimum atomic E-state index is -0.500. The van der Waals surface area contributed by atoms with E-state index in [0.717, 1.165) is 41.7 Å². The fourth-order valence-electron chi connectivity index (χ4n) is 3.93. The first-order valence-electron chi connectivity index (χ1n) is 12.2. The zero-order valence-corrected chi connectivity index (χ0v) is 20.3. The molecule has 1 atom stereocenters. The van der Waals surface area contributed by atoms with E-state index in [1.54, 1.807) is 0 Å². The number of esters is 1. The van der Waals surface area contributed by atoms with E-state index in [1.165, 1.54) is 5.56 Å². The molecular weight excluding hydrogens is 424 g/mol. The van der Waals surface area contributed by atoms with Crippen molar-refractivity contribution in [1.29, 1.82) is 0 Å². The SMILES string of the molecule is CC(C)OC(=O)CCc1ccccc1OCCCCc1cccc([C@@H](O)Cc2ccccc2)c1. The average Bonchev–Trinajstić information content (AvgIpc) is 2.83. The van der Waals surface area contributed by atoms with E-state index in [2.05, 4.69) is 12.1 Å². The molecule has 3 aromatic carbocycles. The van der Waals surface area contributed by atoms with Crippen molar-refractivity contribution in [3.05, 3.63) is 101 Å². The maximum absolute atomic E-state index is 11.9. The molecule has 0 radical (unpaired) electrons. The van der Waals surface area contributed by atoms with E-state index in [4.69, 9.17) is 9.47 Å². The number of rotatable bonds is 13. The topological polar surface area (TPSA) is 55.8 Å². The summed E-state index contributed by atoms with van der Waals surface area (Å²) in [5, 5.41) is 10.6. The molecule has 3 rings (SSSR count). The number of carbonyl (C=O) groups excluding carboxylic acids is 1. The molecule has 180 valence electrons. The molecule has 0 fully saturated rings. The predicted octanol–water partition coefficient (Wildman–Crippen LogP) is 6.25. The normalized spacial score (nSPS) is 11.9. The fraction of sp³-hybridized carbons (Fsp3) is 0.367. The molecule has 0 aliphatic carbocycles. The highest BCUT2D eigenvalue weighted by molar-refractivity contribution is 5.70. The summed E-state index contributed by atoms with van der Waals surface area (Å²) in [6.45, 7) is 4.35. The molecule has 0 spiro atoms. The zero-order chi connectivity index (χ0) is 24.2. The van der Waals surface area contributed by atoms with Crippen molar-refractivity contribution >= 4 is 5.97 Å². The number of para-hydroxylation sites is 1. The van der Waals surface area contributed by atoms with E-state index in [-0.39, 0.29) is 12.1 Å². The van der Waals surface area contributed by atoms with Crippen molar-refractivity contribution in [3.63, 3.8) is 0 Å². The maximum Gasteiger partial charge on any atom is 0.306 e. The Balaban J connectivity index is 1.42. The second kappa shape index (κ2) is 13.6. The van der Waals surface area contributed by atoms with Crippen molar-refractivity contribution in [3.8, 4) is 5.75 Å². The summed E-state index contributed by atoms with van der Waals surface area (Å²) in [5.41, 5.74) is 4.36. The van der Waals surface area contributed by atoms with Crippen LogP contribution in [0.5, 0.6) is 5.75 Å². The van der Waals surface area contributed by atoms with E-state index in [0.29, 0.717) is 25.9 Å². The Morgan fingerprint density at radius 3 is 2.38 bits per heavy atom. The second-order valence-corrected chi connectivity index (χ2v) is 8.90. The lowest BCUT2D eigenvalue weighted by Gasteiger charge is -2.13. The van der Waals surface area contributed by atoms with Gasteiger partial charge in [-0.2, -0.15) is 0 Å². The molecule has 4 heteroatoms. The van der Waals surface area contributed by atoms with E-state index >= 15 is 0 Å². The van der Waals surface area contributed by atoms with Crippen LogP contribution in [0.2, 0.25) is 0 Å². The van der Waals surface area contributed by atoms with Crippen LogP contribution in [0.25, 0.3) is 0 Å². The number of carbonyl (C=O) groups is 1. The van der Waals surface area contributed by atoms with Gasteiger partial charge in [0.05, 0.1) is 18.8 Å². The Hall–Kier alpha value is -3.11. The lowest BCUT2D eigenvalue weighted by atomic mass is 9.98. The van der Waals surface area contributed by atoms with Gasteiger partial charge >= 0.3 is 5.97 Å². The van der Waals surface area contributed by atoms with Crippen LogP contribution in [-0.4, -0.2) is 23.8 Å². The molecule has 0 unspecified atom stereocenters. The monoisotopic (exact) mass is 460 g/mol. The highest BCUT2D eigenvalue weighted by atomic mass is 16.5. The van der Waals surface area contributed by atoms with Gasteiger partial charge < -0.3 is 14.6 Å². The molecule has 0 amide bonds. The molecule has 0 bridgehead atoms. The van der Waals surface area contributed by atoms with Crippen molar-refractivity contribution in [2.75, 3.05) is 6.61 Å². The molecule has 3 aromatic rings. The summed E-state index contributed by atoms with van der Waals surface area (Å²) >= 11 is 0. The van der Waals surface area contributed by atoms with Gasteiger partial charge in [0.25, 0.3) is 0 Å².